The summed E-state index contributed by atoms with van der Waals surface area (Å²) in [7, 11) is 0. The fourth-order valence-electron chi connectivity index (χ4n) is 4.38. The van der Waals surface area contributed by atoms with Gasteiger partial charge in [0.05, 0.1) is 5.56 Å². The fraction of sp³-hybridized carbons (Fsp3) is 0.667. The van der Waals surface area contributed by atoms with Crippen LogP contribution in [-0.2, 0) is 6.18 Å². The number of alkyl halides is 3. The summed E-state index contributed by atoms with van der Waals surface area (Å²) in [4.78, 5) is 17.7. The van der Waals surface area contributed by atoms with E-state index >= 15 is 0 Å². The molecule has 150 valence electrons. The Kier molecular flexibility index (Phi) is 6.26. The van der Waals surface area contributed by atoms with E-state index in [1.54, 1.807) is 0 Å². The van der Waals surface area contributed by atoms with Gasteiger partial charge in [-0.2, -0.15) is 13.2 Å². The minimum Gasteiger partial charge on any atom is -0.301 e. The highest BCUT2D eigenvalue weighted by molar-refractivity contribution is 5.98. The first kappa shape index (κ1) is 20.3. The summed E-state index contributed by atoms with van der Waals surface area (Å²) in [5.41, 5.74) is -0.314. The quantitative estimate of drug-likeness (QED) is 0.718. The lowest BCUT2D eigenvalue weighted by atomic mass is 9.88. The van der Waals surface area contributed by atoms with Crippen molar-refractivity contribution in [2.24, 2.45) is 5.92 Å². The van der Waals surface area contributed by atoms with Crippen LogP contribution >= 0.6 is 0 Å². The molecule has 0 bridgehead atoms. The smallest absolute Gasteiger partial charge is 0.301 e. The molecule has 2 fully saturated rings. The number of piperidine rings is 2. The predicted molar refractivity (Wildman–Crippen MR) is 99.8 cm³/mol. The van der Waals surface area contributed by atoms with Crippen molar-refractivity contribution in [3.63, 3.8) is 0 Å². The minimum absolute atomic E-state index is 0.0203. The Balaban J connectivity index is 1.60. The number of rotatable bonds is 4. The number of likely N-dealkylation sites (tertiary alicyclic amines) is 2. The van der Waals surface area contributed by atoms with E-state index in [0.29, 0.717) is 17.6 Å². The summed E-state index contributed by atoms with van der Waals surface area (Å²) in [6.45, 7) is 8.38. The molecule has 6 heteroatoms. The van der Waals surface area contributed by atoms with Crippen LogP contribution in [0.3, 0.4) is 0 Å². The van der Waals surface area contributed by atoms with Gasteiger partial charge in [0.2, 0.25) is 0 Å². The number of halogens is 3. The number of hydrogen-bond acceptors (Lipinski definition) is 3. The second-order valence-corrected chi connectivity index (χ2v) is 8.13. The number of Topliss-reactive ketones (excluding diaryl/α,β-unsaturated/α-hetero) is 1. The average Bonchev–Trinajstić information content (AvgIpc) is 2.67. The van der Waals surface area contributed by atoms with E-state index in [2.05, 4.69) is 23.6 Å². The molecule has 0 aliphatic carbocycles. The summed E-state index contributed by atoms with van der Waals surface area (Å²) in [6, 6.07) is 5.76. The number of ketones is 1. The first-order valence-electron chi connectivity index (χ1n) is 9.95. The van der Waals surface area contributed by atoms with Crippen LogP contribution in [0.25, 0.3) is 0 Å². The van der Waals surface area contributed by atoms with Crippen LogP contribution in [-0.4, -0.2) is 53.8 Å². The van der Waals surface area contributed by atoms with Gasteiger partial charge >= 0.3 is 6.18 Å². The van der Waals surface area contributed by atoms with E-state index in [1.165, 1.54) is 12.1 Å². The van der Waals surface area contributed by atoms with Gasteiger partial charge in [-0.3, -0.25) is 9.69 Å². The van der Waals surface area contributed by atoms with Gasteiger partial charge < -0.3 is 4.90 Å². The van der Waals surface area contributed by atoms with Crippen LogP contribution in [0.1, 0.15) is 55.5 Å². The molecule has 0 saturated carbocycles. The topological polar surface area (TPSA) is 23.6 Å². The van der Waals surface area contributed by atoms with Gasteiger partial charge in [-0.1, -0.05) is 12.1 Å². The molecule has 2 saturated heterocycles. The lowest BCUT2D eigenvalue weighted by Gasteiger charge is -2.43. The van der Waals surface area contributed by atoms with Crippen molar-refractivity contribution < 1.29 is 18.0 Å². The zero-order valence-corrected chi connectivity index (χ0v) is 16.1. The summed E-state index contributed by atoms with van der Waals surface area (Å²) in [5.74, 6) is -0.133. The highest BCUT2D eigenvalue weighted by Crippen LogP contribution is 2.30. The van der Waals surface area contributed by atoms with E-state index in [-0.39, 0.29) is 11.7 Å². The SMILES string of the molecule is CC(C)N1CCC(N2CCC[C@H](C(=O)c3ccc(C(F)(F)F)cc3)C2)CC1. The maximum atomic E-state index is 12.8. The van der Waals surface area contributed by atoms with Gasteiger partial charge in [0.25, 0.3) is 0 Å². The predicted octanol–water partition coefficient (Wildman–Crippen LogP) is 4.47. The molecule has 3 rings (SSSR count). The lowest BCUT2D eigenvalue weighted by molar-refractivity contribution is -0.137. The molecular weight excluding hydrogens is 353 g/mol. The molecule has 1 aromatic rings. The Hall–Kier alpha value is -1.40. The molecule has 2 aliphatic heterocycles. The Labute approximate surface area is 159 Å². The van der Waals surface area contributed by atoms with Crippen LogP contribution in [0.2, 0.25) is 0 Å². The summed E-state index contributed by atoms with van der Waals surface area (Å²) >= 11 is 0. The Morgan fingerprint density at radius 1 is 1.04 bits per heavy atom. The summed E-state index contributed by atoms with van der Waals surface area (Å²) < 4.78 is 38.1. The van der Waals surface area contributed by atoms with Crippen molar-refractivity contribution in [1.29, 1.82) is 0 Å². The molecule has 1 aromatic carbocycles. The third kappa shape index (κ3) is 4.91. The Morgan fingerprint density at radius 3 is 2.22 bits per heavy atom. The number of nitrogens with zero attached hydrogens (tertiary/aromatic N) is 2. The van der Waals surface area contributed by atoms with Gasteiger partial charge in [-0.25, -0.2) is 0 Å². The van der Waals surface area contributed by atoms with Crippen molar-refractivity contribution in [1.82, 2.24) is 9.80 Å². The number of carbonyl (C=O) groups is 1. The Morgan fingerprint density at radius 2 is 1.67 bits per heavy atom. The molecule has 0 spiro atoms. The second kappa shape index (κ2) is 8.31. The summed E-state index contributed by atoms with van der Waals surface area (Å²) in [6.07, 6.45) is -0.324. The van der Waals surface area contributed by atoms with Crippen molar-refractivity contribution in [3.05, 3.63) is 35.4 Å². The maximum absolute atomic E-state index is 12.8. The van der Waals surface area contributed by atoms with Crippen LogP contribution in [0.5, 0.6) is 0 Å². The first-order chi connectivity index (χ1) is 12.8. The van der Waals surface area contributed by atoms with Crippen molar-refractivity contribution >= 4 is 5.78 Å². The molecule has 1 atom stereocenters. The highest BCUT2D eigenvalue weighted by atomic mass is 19.4. The van der Waals surface area contributed by atoms with Crippen LogP contribution in [0, 0.1) is 5.92 Å². The second-order valence-electron chi connectivity index (χ2n) is 8.13. The average molecular weight is 382 g/mol. The van der Waals surface area contributed by atoms with E-state index < -0.39 is 11.7 Å². The van der Waals surface area contributed by atoms with Gasteiger partial charge in [-0.15, -0.1) is 0 Å². The number of hydrogen-bond donors (Lipinski definition) is 0. The highest BCUT2D eigenvalue weighted by Gasteiger charge is 2.33. The van der Waals surface area contributed by atoms with Crippen LogP contribution < -0.4 is 0 Å². The summed E-state index contributed by atoms with van der Waals surface area (Å²) in [5, 5.41) is 0. The van der Waals surface area contributed by atoms with E-state index in [4.69, 9.17) is 0 Å². The van der Waals surface area contributed by atoms with Crippen molar-refractivity contribution in [3.8, 4) is 0 Å². The monoisotopic (exact) mass is 382 g/mol. The van der Waals surface area contributed by atoms with Gasteiger partial charge in [0.15, 0.2) is 5.78 Å². The molecule has 2 aliphatic rings. The Bertz CT molecular complexity index is 634. The zero-order valence-electron chi connectivity index (χ0n) is 16.1. The van der Waals surface area contributed by atoms with E-state index in [9.17, 15) is 18.0 Å². The fourth-order valence-corrected chi connectivity index (χ4v) is 4.38. The third-order valence-corrected chi connectivity index (χ3v) is 6.07. The van der Waals surface area contributed by atoms with Crippen LogP contribution in [0.15, 0.2) is 24.3 Å². The van der Waals surface area contributed by atoms with E-state index in [0.717, 1.165) is 64.0 Å². The molecule has 0 unspecified atom stereocenters. The zero-order chi connectivity index (χ0) is 19.6. The molecule has 27 heavy (non-hydrogen) atoms. The van der Waals surface area contributed by atoms with E-state index in [1.807, 2.05) is 0 Å². The molecular formula is C21H29F3N2O. The minimum atomic E-state index is -4.37. The molecule has 2 heterocycles. The standard InChI is InChI=1S/C21H29F3N2O/c1-15(2)25-12-9-19(10-13-25)26-11-3-4-17(14-26)20(27)16-5-7-18(8-6-16)21(22,23)24/h5-8,15,17,19H,3-4,9-14H2,1-2H3/t17-/m0/s1. The normalized spacial score (nSPS) is 23.7. The van der Waals surface area contributed by atoms with Gasteiger partial charge in [0.1, 0.15) is 0 Å². The maximum Gasteiger partial charge on any atom is 0.416 e. The largest absolute Gasteiger partial charge is 0.416 e. The molecule has 0 aromatic heterocycles. The molecule has 0 N–H and O–H groups in total. The molecule has 3 nitrogen and oxygen atoms in total. The van der Waals surface area contributed by atoms with Gasteiger partial charge in [0, 0.05) is 30.1 Å². The third-order valence-electron chi connectivity index (χ3n) is 6.07. The first-order valence-corrected chi connectivity index (χ1v) is 9.95. The lowest BCUT2D eigenvalue weighted by Crippen LogP contribution is -2.50. The van der Waals surface area contributed by atoms with Crippen molar-refractivity contribution in [2.75, 3.05) is 26.2 Å². The molecule has 0 amide bonds. The molecule has 0 radical (unpaired) electrons. The number of carbonyl (C=O) groups excluding carboxylic acids is 1. The van der Waals surface area contributed by atoms with Crippen molar-refractivity contribution in [2.45, 2.75) is 57.8 Å². The van der Waals surface area contributed by atoms with Gasteiger partial charge in [-0.05, 0) is 71.3 Å². The van der Waals surface area contributed by atoms with Crippen LogP contribution in [0.4, 0.5) is 13.2 Å². The number of benzene rings is 1.